The standard InChI is InChI=1S/C34H41N5OS/c1-25-23-26(13-18-35-25)24-37-19-14-29(15-20-37)34(40)38-21-16-27(17-22-38)32-30-11-7-8-12-31(30)39(41-36(2)3)33(32)28-9-5-4-6-10-28/h4-13,18,23,27,29H,14-17,19-22,24H2,1-3H3. The number of amides is 1. The molecule has 0 saturated carbocycles. The fourth-order valence-corrected chi connectivity index (χ4v) is 7.57. The first kappa shape index (κ1) is 28.0. The van der Waals surface area contributed by atoms with Crippen molar-refractivity contribution in [2.75, 3.05) is 40.3 Å². The van der Waals surface area contributed by atoms with Gasteiger partial charge in [0.25, 0.3) is 0 Å². The number of rotatable bonds is 7. The summed E-state index contributed by atoms with van der Waals surface area (Å²) in [6, 6.07) is 23.9. The van der Waals surface area contributed by atoms with Crippen LogP contribution in [0.2, 0.25) is 0 Å². The van der Waals surface area contributed by atoms with Gasteiger partial charge in [0.2, 0.25) is 5.91 Å². The largest absolute Gasteiger partial charge is 0.342 e. The Kier molecular flexibility index (Phi) is 8.47. The van der Waals surface area contributed by atoms with Crippen molar-refractivity contribution in [3.05, 3.63) is 89.7 Å². The predicted octanol–water partition coefficient (Wildman–Crippen LogP) is 6.60. The van der Waals surface area contributed by atoms with Crippen molar-refractivity contribution in [3.8, 4) is 11.3 Å². The van der Waals surface area contributed by atoms with Gasteiger partial charge in [-0.15, -0.1) is 0 Å². The molecule has 1 amide bonds. The van der Waals surface area contributed by atoms with Gasteiger partial charge in [-0.25, -0.2) is 4.31 Å². The van der Waals surface area contributed by atoms with Gasteiger partial charge in [-0.05, 0) is 101 Å². The number of fused-ring (bicyclic) bond motifs is 1. The molecule has 41 heavy (non-hydrogen) atoms. The van der Waals surface area contributed by atoms with Crippen LogP contribution in [0.5, 0.6) is 0 Å². The van der Waals surface area contributed by atoms with Crippen molar-refractivity contribution in [1.29, 1.82) is 0 Å². The summed E-state index contributed by atoms with van der Waals surface area (Å²) in [4.78, 5) is 22.6. The second kappa shape index (κ2) is 12.4. The molecule has 0 bridgehead atoms. The van der Waals surface area contributed by atoms with Crippen molar-refractivity contribution in [2.24, 2.45) is 5.92 Å². The predicted molar refractivity (Wildman–Crippen MR) is 170 cm³/mol. The number of carbonyl (C=O) groups is 1. The zero-order chi connectivity index (χ0) is 28.3. The van der Waals surface area contributed by atoms with Crippen molar-refractivity contribution in [2.45, 2.75) is 45.1 Å². The molecular weight excluding hydrogens is 526 g/mol. The number of pyridine rings is 1. The minimum atomic E-state index is 0.153. The molecule has 0 aliphatic carbocycles. The smallest absolute Gasteiger partial charge is 0.225 e. The SMILES string of the molecule is Cc1cc(CN2CCC(C(=O)N3CCC(c4c(-c5ccccc5)n(SN(C)C)c5ccccc45)CC3)CC2)ccn1. The number of hydrogen-bond acceptors (Lipinski definition) is 5. The lowest BCUT2D eigenvalue weighted by atomic mass is 9.85. The highest BCUT2D eigenvalue weighted by Gasteiger charge is 2.33. The van der Waals surface area contributed by atoms with Gasteiger partial charge in [0.1, 0.15) is 0 Å². The molecule has 6 rings (SSSR count). The second-order valence-corrected chi connectivity index (χ2v) is 13.0. The van der Waals surface area contributed by atoms with E-state index in [2.05, 4.69) is 104 Å². The molecule has 2 aromatic heterocycles. The maximum atomic E-state index is 13.6. The number of hydrogen-bond donors (Lipinski definition) is 0. The Balaban J connectivity index is 1.15. The normalized spacial score (nSPS) is 17.5. The maximum absolute atomic E-state index is 13.6. The minimum Gasteiger partial charge on any atom is -0.342 e. The lowest BCUT2D eigenvalue weighted by Crippen LogP contribution is -2.45. The van der Waals surface area contributed by atoms with Gasteiger partial charge in [0, 0.05) is 55.0 Å². The number of aryl methyl sites for hydroxylation is 1. The number of nitrogens with zero attached hydrogens (tertiary/aromatic N) is 5. The molecule has 0 unspecified atom stereocenters. The Morgan fingerprint density at radius 1 is 0.927 bits per heavy atom. The molecule has 2 aliphatic heterocycles. The molecule has 7 heteroatoms. The lowest BCUT2D eigenvalue weighted by Gasteiger charge is -2.37. The van der Waals surface area contributed by atoms with Crippen LogP contribution in [0.1, 0.15) is 48.4 Å². The zero-order valence-corrected chi connectivity index (χ0v) is 25.3. The molecule has 2 aliphatic rings. The molecule has 214 valence electrons. The van der Waals surface area contributed by atoms with Crippen molar-refractivity contribution in [3.63, 3.8) is 0 Å². The van der Waals surface area contributed by atoms with Gasteiger partial charge in [0.05, 0.1) is 11.2 Å². The molecule has 4 heterocycles. The van der Waals surface area contributed by atoms with E-state index in [1.807, 2.05) is 13.1 Å². The molecule has 2 aromatic carbocycles. The van der Waals surface area contributed by atoms with Crippen LogP contribution in [0.15, 0.2) is 72.9 Å². The van der Waals surface area contributed by atoms with E-state index in [9.17, 15) is 4.79 Å². The van der Waals surface area contributed by atoms with Crippen LogP contribution >= 0.6 is 12.1 Å². The number of aromatic nitrogens is 2. The van der Waals surface area contributed by atoms with Crippen LogP contribution in [0.4, 0.5) is 0 Å². The summed E-state index contributed by atoms with van der Waals surface area (Å²) in [6.45, 7) is 6.64. The van der Waals surface area contributed by atoms with E-state index in [4.69, 9.17) is 0 Å². The Bertz CT molecular complexity index is 1480. The van der Waals surface area contributed by atoms with Crippen LogP contribution in [-0.2, 0) is 11.3 Å². The molecule has 6 nitrogen and oxygen atoms in total. The maximum Gasteiger partial charge on any atom is 0.225 e. The third-order valence-corrected chi connectivity index (χ3v) is 9.55. The van der Waals surface area contributed by atoms with E-state index in [0.717, 1.165) is 64.1 Å². The van der Waals surface area contributed by atoms with Gasteiger partial charge < -0.3 is 4.90 Å². The van der Waals surface area contributed by atoms with Crippen LogP contribution in [0.3, 0.4) is 0 Å². The van der Waals surface area contributed by atoms with E-state index in [-0.39, 0.29) is 5.92 Å². The summed E-state index contributed by atoms with van der Waals surface area (Å²) in [7, 11) is 4.20. The average molecular weight is 568 g/mol. The monoisotopic (exact) mass is 567 g/mol. The van der Waals surface area contributed by atoms with Crippen molar-refractivity contribution in [1.82, 2.24) is 23.1 Å². The van der Waals surface area contributed by atoms with Gasteiger partial charge in [-0.1, -0.05) is 48.5 Å². The average Bonchev–Trinajstić information content (AvgIpc) is 3.31. The van der Waals surface area contributed by atoms with Gasteiger partial charge in [-0.2, -0.15) is 0 Å². The lowest BCUT2D eigenvalue weighted by molar-refractivity contribution is -0.138. The van der Waals surface area contributed by atoms with E-state index < -0.39 is 0 Å². The molecular formula is C34H41N5OS. The first-order valence-electron chi connectivity index (χ1n) is 14.9. The van der Waals surface area contributed by atoms with E-state index in [1.165, 1.54) is 33.3 Å². The van der Waals surface area contributed by atoms with Crippen LogP contribution in [0.25, 0.3) is 22.2 Å². The third kappa shape index (κ3) is 6.08. The highest BCUT2D eigenvalue weighted by Crippen LogP contribution is 2.44. The zero-order valence-electron chi connectivity index (χ0n) is 24.5. The van der Waals surface area contributed by atoms with Gasteiger partial charge in [0.15, 0.2) is 0 Å². The molecule has 0 atom stereocenters. The van der Waals surface area contributed by atoms with E-state index >= 15 is 0 Å². The van der Waals surface area contributed by atoms with E-state index in [1.54, 1.807) is 12.1 Å². The first-order valence-corrected chi connectivity index (χ1v) is 15.7. The Labute approximate surface area is 248 Å². The van der Waals surface area contributed by atoms with Gasteiger partial charge in [-0.3, -0.25) is 18.7 Å². The Morgan fingerprint density at radius 2 is 1.63 bits per heavy atom. The topological polar surface area (TPSA) is 44.6 Å². The molecule has 2 fully saturated rings. The van der Waals surface area contributed by atoms with E-state index in [0.29, 0.717) is 11.8 Å². The summed E-state index contributed by atoms with van der Waals surface area (Å²) in [6.07, 6.45) is 5.82. The number of likely N-dealkylation sites (tertiary alicyclic amines) is 2. The van der Waals surface area contributed by atoms with Crippen molar-refractivity contribution < 1.29 is 4.79 Å². The number of para-hydroxylation sites is 1. The number of carbonyl (C=O) groups excluding carboxylic acids is 1. The summed E-state index contributed by atoms with van der Waals surface area (Å²) in [5.41, 5.74) is 7.62. The highest BCUT2D eigenvalue weighted by atomic mass is 32.2. The molecule has 0 N–H and O–H groups in total. The molecule has 4 aromatic rings. The highest BCUT2D eigenvalue weighted by molar-refractivity contribution is 7.95. The fourth-order valence-electron chi connectivity index (χ4n) is 6.71. The number of piperidine rings is 2. The van der Waals surface area contributed by atoms with Crippen LogP contribution in [-0.4, -0.2) is 69.2 Å². The third-order valence-electron chi connectivity index (χ3n) is 8.68. The van der Waals surface area contributed by atoms with Crippen molar-refractivity contribution >= 4 is 28.9 Å². The quantitative estimate of drug-likeness (QED) is 0.235. The molecule has 0 radical (unpaired) electrons. The summed E-state index contributed by atoms with van der Waals surface area (Å²) in [5.74, 6) is 0.950. The first-order chi connectivity index (χ1) is 20.0. The Hall–Kier alpha value is -3.13. The molecule has 2 saturated heterocycles. The summed E-state index contributed by atoms with van der Waals surface area (Å²) >= 11 is 1.74. The minimum absolute atomic E-state index is 0.153. The second-order valence-electron chi connectivity index (χ2n) is 11.8. The van der Waals surface area contributed by atoms with Crippen LogP contribution < -0.4 is 0 Å². The fraction of sp³-hybridized carbons (Fsp3) is 0.412. The summed E-state index contributed by atoms with van der Waals surface area (Å²) < 4.78 is 4.56. The van der Waals surface area contributed by atoms with Gasteiger partial charge >= 0.3 is 0 Å². The summed E-state index contributed by atoms with van der Waals surface area (Å²) in [5, 5.41) is 1.34. The van der Waals surface area contributed by atoms with Crippen LogP contribution in [0, 0.1) is 12.8 Å². The Morgan fingerprint density at radius 3 is 2.34 bits per heavy atom. The molecule has 0 spiro atoms. The number of benzene rings is 2.